The summed E-state index contributed by atoms with van der Waals surface area (Å²) in [6.45, 7) is 1.69. The quantitative estimate of drug-likeness (QED) is 0.642. The third-order valence-electron chi connectivity index (χ3n) is 2.72. The first-order valence-electron chi connectivity index (χ1n) is 5.84. The van der Waals surface area contributed by atoms with Crippen LogP contribution in [-0.4, -0.2) is 39.6 Å². The first-order valence-corrected chi connectivity index (χ1v) is 5.84. The normalized spacial score (nSPS) is 12.3. The predicted molar refractivity (Wildman–Crippen MR) is 68.6 cm³/mol. The summed E-state index contributed by atoms with van der Waals surface area (Å²) in [5.41, 5.74) is -0.395. The Morgan fingerprint density at radius 3 is 2.25 bits per heavy atom. The first-order chi connectivity index (χ1) is 9.44. The van der Waals surface area contributed by atoms with Crippen LogP contribution in [-0.2, 0) is 14.2 Å². The third-order valence-corrected chi connectivity index (χ3v) is 2.72. The van der Waals surface area contributed by atoms with Crippen LogP contribution in [0.3, 0.4) is 0 Å². The molecule has 0 aliphatic rings. The SMILES string of the molecule is COC(=O)c1cc(NC(C)C(OC)OC)c(F)cc1F. The molecule has 0 aliphatic heterocycles. The Hall–Kier alpha value is -1.73. The smallest absolute Gasteiger partial charge is 0.340 e. The summed E-state index contributed by atoms with van der Waals surface area (Å²) in [7, 11) is 3.99. The number of hydrogen-bond acceptors (Lipinski definition) is 5. The molecule has 0 bridgehead atoms. The number of carbonyl (C=O) groups is 1. The zero-order valence-electron chi connectivity index (χ0n) is 11.7. The highest BCUT2D eigenvalue weighted by atomic mass is 19.1. The van der Waals surface area contributed by atoms with Gasteiger partial charge in [-0.2, -0.15) is 0 Å². The molecule has 5 nitrogen and oxygen atoms in total. The second-order valence-corrected chi connectivity index (χ2v) is 4.08. The number of benzene rings is 1. The van der Waals surface area contributed by atoms with Crippen molar-refractivity contribution in [3.63, 3.8) is 0 Å². The van der Waals surface area contributed by atoms with Gasteiger partial charge < -0.3 is 19.5 Å². The lowest BCUT2D eigenvalue weighted by atomic mass is 10.1. The Kier molecular flexibility index (Phi) is 5.84. The lowest BCUT2D eigenvalue weighted by Crippen LogP contribution is -2.34. The van der Waals surface area contributed by atoms with Crippen molar-refractivity contribution in [3.05, 3.63) is 29.3 Å². The molecule has 0 saturated carbocycles. The van der Waals surface area contributed by atoms with Gasteiger partial charge in [-0.1, -0.05) is 0 Å². The van der Waals surface area contributed by atoms with Crippen LogP contribution in [0, 0.1) is 11.6 Å². The topological polar surface area (TPSA) is 56.8 Å². The van der Waals surface area contributed by atoms with E-state index in [0.29, 0.717) is 6.07 Å². The monoisotopic (exact) mass is 289 g/mol. The van der Waals surface area contributed by atoms with Gasteiger partial charge in [0.2, 0.25) is 0 Å². The molecule has 1 atom stereocenters. The Morgan fingerprint density at radius 2 is 1.75 bits per heavy atom. The molecule has 0 saturated heterocycles. The summed E-state index contributed by atoms with van der Waals surface area (Å²) < 4.78 is 41.6. The van der Waals surface area contributed by atoms with Crippen molar-refractivity contribution >= 4 is 11.7 Å². The molecule has 0 amide bonds. The fraction of sp³-hybridized carbons (Fsp3) is 0.462. The first kappa shape index (κ1) is 16.3. The Labute approximate surface area is 115 Å². The van der Waals surface area contributed by atoms with Gasteiger partial charge in [0.15, 0.2) is 6.29 Å². The van der Waals surface area contributed by atoms with Crippen molar-refractivity contribution in [3.8, 4) is 0 Å². The number of hydrogen-bond donors (Lipinski definition) is 1. The van der Waals surface area contributed by atoms with Crippen molar-refractivity contribution in [1.82, 2.24) is 0 Å². The number of methoxy groups -OCH3 is 3. The summed E-state index contributed by atoms with van der Waals surface area (Å²) in [5.74, 6) is -2.69. The molecule has 1 N–H and O–H groups in total. The molecule has 1 rings (SSSR count). The van der Waals surface area contributed by atoms with Gasteiger partial charge in [-0.05, 0) is 13.0 Å². The molecule has 112 valence electrons. The summed E-state index contributed by atoms with van der Waals surface area (Å²) in [6.07, 6.45) is -0.624. The number of ether oxygens (including phenoxy) is 3. The number of rotatable bonds is 6. The largest absolute Gasteiger partial charge is 0.465 e. The fourth-order valence-electron chi connectivity index (χ4n) is 1.74. The maximum Gasteiger partial charge on any atom is 0.340 e. The van der Waals surface area contributed by atoms with E-state index in [1.165, 1.54) is 14.2 Å². The molecule has 0 spiro atoms. The van der Waals surface area contributed by atoms with Crippen LogP contribution in [0.4, 0.5) is 14.5 Å². The van der Waals surface area contributed by atoms with E-state index in [9.17, 15) is 13.6 Å². The molecule has 0 aliphatic carbocycles. The van der Waals surface area contributed by atoms with Gasteiger partial charge >= 0.3 is 5.97 Å². The zero-order valence-corrected chi connectivity index (χ0v) is 11.7. The summed E-state index contributed by atoms with van der Waals surface area (Å²) in [5, 5.41) is 2.76. The van der Waals surface area contributed by atoms with E-state index in [2.05, 4.69) is 10.1 Å². The van der Waals surface area contributed by atoms with E-state index in [-0.39, 0.29) is 11.3 Å². The van der Waals surface area contributed by atoms with Gasteiger partial charge in [0.05, 0.1) is 24.4 Å². The molecule has 1 unspecified atom stereocenters. The van der Waals surface area contributed by atoms with Gasteiger partial charge in [-0.15, -0.1) is 0 Å². The Bertz CT molecular complexity index is 478. The maximum absolute atomic E-state index is 13.7. The van der Waals surface area contributed by atoms with Gasteiger partial charge in [-0.3, -0.25) is 0 Å². The molecule has 1 aromatic rings. The molecule has 0 aromatic heterocycles. The predicted octanol–water partition coefficient (Wildman–Crippen LogP) is 2.17. The summed E-state index contributed by atoms with van der Waals surface area (Å²) in [4.78, 5) is 11.4. The highest BCUT2D eigenvalue weighted by Crippen LogP contribution is 2.21. The van der Waals surface area contributed by atoms with Crippen LogP contribution in [0.2, 0.25) is 0 Å². The number of nitrogens with one attached hydrogen (secondary N) is 1. The Morgan fingerprint density at radius 1 is 1.15 bits per heavy atom. The minimum Gasteiger partial charge on any atom is -0.465 e. The fourth-order valence-corrected chi connectivity index (χ4v) is 1.74. The van der Waals surface area contributed by atoms with Crippen LogP contribution < -0.4 is 5.32 Å². The van der Waals surface area contributed by atoms with Crippen LogP contribution >= 0.6 is 0 Å². The minimum atomic E-state index is -0.984. The van der Waals surface area contributed by atoms with Gasteiger partial charge in [0.1, 0.15) is 11.6 Å². The summed E-state index contributed by atoms with van der Waals surface area (Å²) >= 11 is 0. The molecule has 0 fully saturated rings. The average molecular weight is 289 g/mol. The van der Waals surface area contributed by atoms with Crippen molar-refractivity contribution in [1.29, 1.82) is 0 Å². The lowest BCUT2D eigenvalue weighted by Gasteiger charge is -2.23. The minimum absolute atomic E-state index is 0.0431. The van der Waals surface area contributed by atoms with Crippen LogP contribution in [0.15, 0.2) is 12.1 Å². The highest BCUT2D eigenvalue weighted by molar-refractivity contribution is 5.90. The molecule has 0 radical (unpaired) electrons. The van der Waals surface area contributed by atoms with E-state index in [1.807, 2.05) is 0 Å². The second-order valence-electron chi connectivity index (χ2n) is 4.08. The van der Waals surface area contributed by atoms with E-state index in [4.69, 9.17) is 9.47 Å². The van der Waals surface area contributed by atoms with Crippen LogP contribution in [0.25, 0.3) is 0 Å². The van der Waals surface area contributed by atoms with Crippen molar-refractivity contribution in [2.75, 3.05) is 26.6 Å². The number of halogens is 2. The second kappa shape index (κ2) is 7.16. The van der Waals surface area contributed by atoms with Crippen LogP contribution in [0.1, 0.15) is 17.3 Å². The van der Waals surface area contributed by atoms with Crippen molar-refractivity contribution < 1.29 is 27.8 Å². The van der Waals surface area contributed by atoms with E-state index < -0.39 is 29.9 Å². The van der Waals surface area contributed by atoms with Crippen molar-refractivity contribution in [2.45, 2.75) is 19.3 Å². The van der Waals surface area contributed by atoms with Gasteiger partial charge in [-0.25, -0.2) is 13.6 Å². The molecule has 1 aromatic carbocycles. The lowest BCUT2D eigenvalue weighted by molar-refractivity contribution is -0.109. The average Bonchev–Trinajstić information content (AvgIpc) is 2.42. The molecular formula is C13H17F2NO4. The molecule has 20 heavy (non-hydrogen) atoms. The number of esters is 1. The number of carbonyl (C=O) groups excluding carboxylic acids is 1. The summed E-state index contributed by atoms with van der Waals surface area (Å²) in [6, 6.07) is 1.25. The molecule has 0 heterocycles. The van der Waals surface area contributed by atoms with E-state index >= 15 is 0 Å². The molecular weight excluding hydrogens is 272 g/mol. The molecule has 7 heteroatoms. The highest BCUT2D eigenvalue weighted by Gasteiger charge is 2.20. The van der Waals surface area contributed by atoms with Gasteiger partial charge in [0, 0.05) is 20.3 Å². The van der Waals surface area contributed by atoms with Gasteiger partial charge in [0.25, 0.3) is 0 Å². The number of anilines is 1. The standard InChI is InChI=1S/C13H17F2NO4/c1-7(13(19-3)20-4)16-11-5-8(12(17)18-2)9(14)6-10(11)15/h5-7,13,16H,1-4H3. The maximum atomic E-state index is 13.7. The third kappa shape index (κ3) is 3.64. The van der Waals surface area contributed by atoms with Crippen molar-refractivity contribution in [2.24, 2.45) is 0 Å². The van der Waals surface area contributed by atoms with E-state index in [1.54, 1.807) is 6.92 Å². The van der Waals surface area contributed by atoms with E-state index in [0.717, 1.165) is 13.2 Å². The Balaban J connectivity index is 3.03. The zero-order chi connectivity index (χ0) is 15.3. The van der Waals surface area contributed by atoms with Crippen LogP contribution in [0.5, 0.6) is 0 Å².